The average molecular weight is 465 g/mol. The molecule has 0 saturated heterocycles. The Hall–Kier alpha value is -4.48. The van der Waals surface area contributed by atoms with Gasteiger partial charge in [0, 0.05) is 43.2 Å². The molecule has 0 aliphatic carbocycles. The number of carbonyl (C=O) groups excluding carboxylic acids is 1. The fourth-order valence-electron chi connectivity index (χ4n) is 3.06. The van der Waals surface area contributed by atoms with Gasteiger partial charge in [-0.25, -0.2) is 9.97 Å². The highest BCUT2D eigenvalue weighted by atomic mass is 19.3. The number of carbonyl (C=O) groups is 1. The third-order valence-corrected chi connectivity index (χ3v) is 4.89. The lowest BCUT2D eigenvalue weighted by Gasteiger charge is -2.13. The minimum Gasteiger partial charge on any atom is -0.373 e. The van der Waals surface area contributed by atoms with Crippen molar-refractivity contribution in [3.8, 4) is 5.82 Å². The molecule has 12 heteroatoms. The first-order valence-corrected chi connectivity index (χ1v) is 10.2. The predicted molar refractivity (Wildman–Crippen MR) is 123 cm³/mol. The van der Waals surface area contributed by atoms with Gasteiger partial charge in [0.2, 0.25) is 5.95 Å². The number of nitrogens with one attached hydrogen (secondary N) is 3. The number of nitrogens with zero attached hydrogens (tertiary/aromatic N) is 6. The molecule has 0 saturated carbocycles. The number of benzene rings is 1. The van der Waals surface area contributed by atoms with Crippen molar-refractivity contribution in [2.24, 2.45) is 0 Å². The molecule has 0 spiro atoms. The molecule has 0 unspecified atom stereocenters. The number of amides is 1. The Morgan fingerprint density at radius 3 is 2.62 bits per heavy atom. The quantitative estimate of drug-likeness (QED) is 0.376. The Bertz CT molecular complexity index is 1330. The van der Waals surface area contributed by atoms with Crippen molar-refractivity contribution in [2.75, 3.05) is 23.0 Å². The third kappa shape index (κ3) is 4.95. The number of aryl methyl sites for hydroxylation is 1. The van der Waals surface area contributed by atoms with E-state index in [4.69, 9.17) is 0 Å². The zero-order chi connectivity index (χ0) is 24.3. The van der Waals surface area contributed by atoms with Crippen LogP contribution in [-0.4, -0.2) is 42.7 Å². The molecule has 0 aliphatic rings. The summed E-state index contributed by atoms with van der Waals surface area (Å²) in [4.78, 5) is 28.9. The molecule has 34 heavy (non-hydrogen) atoms. The zero-order valence-electron chi connectivity index (χ0n) is 18.5. The van der Waals surface area contributed by atoms with Crippen molar-refractivity contribution in [2.45, 2.75) is 19.8 Å². The van der Waals surface area contributed by atoms with Crippen LogP contribution in [0.5, 0.6) is 0 Å². The van der Waals surface area contributed by atoms with Crippen molar-refractivity contribution in [3.05, 3.63) is 72.1 Å². The molecule has 3 N–H and O–H groups in total. The van der Waals surface area contributed by atoms with Gasteiger partial charge in [0.25, 0.3) is 11.8 Å². The number of hydrogen-bond acceptors (Lipinski definition) is 8. The fourth-order valence-corrected chi connectivity index (χ4v) is 3.06. The first-order valence-electron chi connectivity index (χ1n) is 10.2. The van der Waals surface area contributed by atoms with Gasteiger partial charge in [-0.3, -0.25) is 9.78 Å². The Labute approximate surface area is 193 Å². The van der Waals surface area contributed by atoms with E-state index in [0.717, 1.165) is 18.6 Å². The van der Waals surface area contributed by atoms with Crippen molar-refractivity contribution >= 4 is 29.0 Å². The van der Waals surface area contributed by atoms with Crippen LogP contribution < -0.4 is 16.0 Å². The Morgan fingerprint density at radius 1 is 1.03 bits per heavy atom. The van der Waals surface area contributed by atoms with Crippen LogP contribution >= 0.6 is 0 Å². The number of aromatic nitrogens is 6. The van der Waals surface area contributed by atoms with Crippen molar-refractivity contribution < 1.29 is 13.6 Å². The summed E-state index contributed by atoms with van der Waals surface area (Å²) < 4.78 is 28.7. The summed E-state index contributed by atoms with van der Waals surface area (Å²) in [6.07, 6.45) is 3.98. The van der Waals surface area contributed by atoms with Crippen LogP contribution in [0.2, 0.25) is 0 Å². The van der Waals surface area contributed by atoms with E-state index in [1.807, 2.05) is 6.92 Å². The number of anilines is 4. The lowest BCUT2D eigenvalue weighted by atomic mass is 10.1. The van der Waals surface area contributed by atoms with Gasteiger partial charge in [-0.05, 0) is 36.8 Å². The number of pyridine rings is 1. The standard InChI is InChI=1S/C22H21F2N9O/c1-13-4-5-15(31-20(34)14-6-7-26-17(8-14)22(2,23)24)9-16(13)32-21-29-12-30-33(21)19-10-18(25-3)27-11-28-19/h4-12H,1-3H3,(H,31,34)(H,25,27,28)(H,29,30,32). The number of alkyl halides is 2. The third-order valence-electron chi connectivity index (χ3n) is 4.89. The van der Waals surface area contributed by atoms with Crippen molar-refractivity contribution in [1.82, 2.24) is 29.7 Å². The van der Waals surface area contributed by atoms with Gasteiger partial charge < -0.3 is 16.0 Å². The second kappa shape index (κ2) is 9.17. The van der Waals surface area contributed by atoms with Crippen molar-refractivity contribution in [1.29, 1.82) is 0 Å². The van der Waals surface area contributed by atoms with E-state index in [0.29, 0.717) is 29.0 Å². The predicted octanol–water partition coefficient (Wildman–Crippen LogP) is 3.91. The molecule has 1 aromatic carbocycles. The minimum atomic E-state index is -3.15. The summed E-state index contributed by atoms with van der Waals surface area (Å²) in [5, 5.41) is 13.1. The molecule has 174 valence electrons. The van der Waals surface area contributed by atoms with Crippen LogP contribution in [0.15, 0.2) is 55.2 Å². The molecule has 1 amide bonds. The van der Waals surface area contributed by atoms with E-state index in [9.17, 15) is 13.6 Å². The first kappa shape index (κ1) is 22.7. The molecule has 0 atom stereocenters. The van der Waals surface area contributed by atoms with E-state index in [1.54, 1.807) is 31.3 Å². The van der Waals surface area contributed by atoms with Gasteiger partial charge in [-0.2, -0.15) is 23.5 Å². The minimum absolute atomic E-state index is 0.0745. The maximum Gasteiger partial charge on any atom is 0.286 e. The molecular weight excluding hydrogens is 444 g/mol. The van der Waals surface area contributed by atoms with E-state index < -0.39 is 17.5 Å². The molecule has 3 heterocycles. The first-order chi connectivity index (χ1) is 16.2. The van der Waals surface area contributed by atoms with Gasteiger partial charge in [0.05, 0.1) is 0 Å². The SMILES string of the molecule is CNc1cc(-n2ncnc2Nc2cc(NC(=O)c3ccnc(C(C)(F)F)c3)ccc2C)ncn1. The van der Waals surface area contributed by atoms with Gasteiger partial charge in [-0.15, -0.1) is 0 Å². The van der Waals surface area contributed by atoms with Crippen LogP contribution in [0.3, 0.4) is 0 Å². The highest BCUT2D eigenvalue weighted by Gasteiger charge is 2.27. The lowest BCUT2D eigenvalue weighted by molar-refractivity contribution is 0.0127. The van der Waals surface area contributed by atoms with E-state index in [-0.39, 0.29) is 5.56 Å². The van der Waals surface area contributed by atoms with Gasteiger partial charge in [0.15, 0.2) is 5.82 Å². The maximum absolute atomic E-state index is 13.6. The lowest BCUT2D eigenvalue weighted by Crippen LogP contribution is -2.15. The largest absolute Gasteiger partial charge is 0.373 e. The normalized spacial score (nSPS) is 11.2. The summed E-state index contributed by atoms with van der Waals surface area (Å²) in [6.45, 7) is 2.62. The summed E-state index contributed by atoms with van der Waals surface area (Å²) in [5.41, 5.74) is 1.60. The summed E-state index contributed by atoms with van der Waals surface area (Å²) in [7, 11) is 1.75. The average Bonchev–Trinajstić information content (AvgIpc) is 3.29. The number of rotatable bonds is 7. The Kier molecular flexibility index (Phi) is 6.13. The Morgan fingerprint density at radius 2 is 1.85 bits per heavy atom. The van der Waals surface area contributed by atoms with Gasteiger partial charge in [0.1, 0.15) is 24.2 Å². The molecular formula is C22H21F2N9O. The summed E-state index contributed by atoms with van der Waals surface area (Å²) in [5.74, 6) is -2.16. The summed E-state index contributed by atoms with van der Waals surface area (Å²) >= 11 is 0. The smallest absolute Gasteiger partial charge is 0.286 e. The molecule has 0 bridgehead atoms. The molecule has 0 radical (unpaired) electrons. The number of hydrogen-bond donors (Lipinski definition) is 3. The van der Waals surface area contributed by atoms with Crippen LogP contribution in [0.1, 0.15) is 28.5 Å². The van der Waals surface area contributed by atoms with E-state index >= 15 is 0 Å². The second-order valence-electron chi connectivity index (χ2n) is 7.43. The molecule has 4 aromatic rings. The van der Waals surface area contributed by atoms with Crippen LogP contribution in [0.4, 0.5) is 31.9 Å². The fraction of sp³-hybridized carbons (Fsp3) is 0.182. The second-order valence-corrected chi connectivity index (χ2v) is 7.43. The van der Waals surface area contributed by atoms with Crippen LogP contribution in [0.25, 0.3) is 5.82 Å². The monoisotopic (exact) mass is 465 g/mol. The molecule has 3 aromatic heterocycles. The highest BCUT2D eigenvalue weighted by Crippen LogP contribution is 2.27. The van der Waals surface area contributed by atoms with E-state index in [1.165, 1.54) is 29.6 Å². The van der Waals surface area contributed by atoms with Crippen LogP contribution in [0, 0.1) is 6.92 Å². The molecule has 4 rings (SSSR count). The molecule has 10 nitrogen and oxygen atoms in total. The highest BCUT2D eigenvalue weighted by molar-refractivity contribution is 6.04. The number of halogens is 2. The van der Waals surface area contributed by atoms with E-state index in [2.05, 4.69) is 41.0 Å². The van der Waals surface area contributed by atoms with Gasteiger partial charge >= 0.3 is 0 Å². The zero-order valence-corrected chi connectivity index (χ0v) is 18.5. The molecule has 0 fully saturated rings. The van der Waals surface area contributed by atoms with Gasteiger partial charge in [-0.1, -0.05) is 6.07 Å². The summed E-state index contributed by atoms with van der Waals surface area (Å²) in [6, 6.07) is 9.39. The van der Waals surface area contributed by atoms with Crippen LogP contribution in [-0.2, 0) is 5.92 Å². The van der Waals surface area contributed by atoms with Crippen molar-refractivity contribution in [3.63, 3.8) is 0 Å². The topological polar surface area (TPSA) is 123 Å². The molecule has 0 aliphatic heterocycles. The Balaban J connectivity index is 1.56. The maximum atomic E-state index is 13.6.